The molecule has 1 amide bonds. The van der Waals surface area contributed by atoms with Gasteiger partial charge in [-0.3, -0.25) is 9.78 Å². The van der Waals surface area contributed by atoms with Crippen molar-refractivity contribution in [2.75, 3.05) is 32.1 Å². The number of benzene rings is 1. The van der Waals surface area contributed by atoms with Crippen molar-refractivity contribution in [3.05, 3.63) is 66.2 Å². The van der Waals surface area contributed by atoms with E-state index >= 15 is 0 Å². The standard InChI is InChI=1S/C23H26N6O/c1-28(2)21-15-19(26-23(27-21)20-16-24-10-11-25-20)18-8-12-29(13-9-18)22(30)14-17-6-4-3-5-7-17/h3-7,10-11,15-16,18H,8-9,12-14H2,1-2H3. The fraction of sp³-hybridized carbons (Fsp3) is 0.348. The van der Waals surface area contributed by atoms with Gasteiger partial charge in [-0.2, -0.15) is 0 Å². The normalized spacial score (nSPS) is 14.5. The van der Waals surface area contributed by atoms with E-state index in [9.17, 15) is 4.79 Å². The van der Waals surface area contributed by atoms with Crippen molar-refractivity contribution >= 4 is 11.7 Å². The number of anilines is 1. The molecule has 0 radical (unpaired) electrons. The Morgan fingerprint density at radius 2 is 1.87 bits per heavy atom. The molecule has 30 heavy (non-hydrogen) atoms. The smallest absolute Gasteiger partial charge is 0.226 e. The number of likely N-dealkylation sites (tertiary alicyclic amines) is 1. The molecule has 154 valence electrons. The number of piperidine rings is 1. The average Bonchev–Trinajstić information content (AvgIpc) is 2.80. The first-order valence-corrected chi connectivity index (χ1v) is 10.2. The molecule has 3 aromatic rings. The predicted octanol–water partition coefficient (Wildman–Crippen LogP) is 2.95. The lowest BCUT2D eigenvalue weighted by Gasteiger charge is -2.32. The van der Waals surface area contributed by atoms with Gasteiger partial charge in [0.1, 0.15) is 11.5 Å². The molecule has 2 aromatic heterocycles. The molecule has 1 aliphatic rings. The minimum Gasteiger partial charge on any atom is -0.363 e. The molecule has 1 aromatic carbocycles. The van der Waals surface area contributed by atoms with Crippen LogP contribution in [-0.2, 0) is 11.2 Å². The molecule has 1 saturated heterocycles. The van der Waals surface area contributed by atoms with Crippen LogP contribution in [0.1, 0.15) is 30.0 Å². The molecule has 0 bridgehead atoms. The number of aromatic nitrogens is 4. The number of carbonyl (C=O) groups excluding carboxylic acids is 1. The fourth-order valence-corrected chi connectivity index (χ4v) is 3.73. The van der Waals surface area contributed by atoms with Crippen LogP contribution in [0.15, 0.2) is 55.0 Å². The largest absolute Gasteiger partial charge is 0.363 e. The number of nitrogens with zero attached hydrogens (tertiary/aromatic N) is 6. The highest BCUT2D eigenvalue weighted by Crippen LogP contribution is 2.30. The van der Waals surface area contributed by atoms with Crippen LogP contribution in [0.3, 0.4) is 0 Å². The van der Waals surface area contributed by atoms with Crippen LogP contribution in [0.25, 0.3) is 11.5 Å². The maximum absolute atomic E-state index is 12.7. The SMILES string of the molecule is CN(C)c1cc(C2CCN(C(=O)Cc3ccccc3)CC2)nc(-c2cnccn2)n1. The minimum atomic E-state index is 0.191. The molecular weight excluding hydrogens is 376 g/mol. The summed E-state index contributed by atoms with van der Waals surface area (Å²) in [6.07, 6.45) is 7.22. The lowest BCUT2D eigenvalue weighted by molar-refractivity contribution is -0.131. The highest BCUT2D eigenvalue weighted by molar-refractivity contribution is 5.78. The Labute approximate surface area is 176 Å². The molecule has 7 heteroatoms. The van der Waals surface area contributed by atoms with Crippen LogP contribution < -0.4 is 4.90 Å². The van der Waals surface area contributed by atoms with Gasteiger partial charge in [0.15, 0.2) is 5.82 Å². The Hall–Kier alpha value is -3.35. The summed E-state index contributed by atoms with van der Waals surface area (Å²) < 4.78 is 0. The molecule has 3 heterocycles. The van der Waals surface area contributed by atoms with E-state index in [1.54, 1.807) is 18.6 Å². The number of rotatable bonds is 5. The van der Waals surface area contributed by atoms with Crippen LogP contribution in [0, 0.1) is 0 Å². The van der Waals surface area contributed by atoms with Crippen LogP contribution in [0.5, 0.6) is 0 Å². The summed E-state index contributed by atoms with van der Waals surface area (Å²) in [5.41, 5.74) is 2.73. The fourth-order valence-electron chi connectivity index (χ4n) is 3.73. The van der Waals surface area contributed by atoms with Crippen molar-refractivity contribution < 1.29 is 4.79 Å². The lowest BCUT2D eigenvalue weighted by Crippen LogP contribution is -2.39. The van der Waals surface area contributed by atoms with E-state index in [0.29, 0.717) is 23.9 Å². The van der Waals surface area contributed by atoms with Gasteiger partial charge in [0.2, 0.25) is 5.91 Å². The predicted molar refractivity (Wildman–Crippen MR) is 116 cm³/mol. The van der Waals surface area contributed by atoms with Crippen molar-refractivity contribution in [3.63, 3.8) is 0 Å². The average molecular weight is 403 g/mol. The topological polar surface area (TPSA) is 75.1 Å². The molecule has 0 aliphatic carbocycles. The summed E-state index contributed by atoms with van der Waals surface area (Å²) in [5.74, 6) is 1.93. The van der Waals surface area contributed by atoms with Gasteiger partial charge in [-0.05, 0) is 18.4 Å². The van der Waals surface area contributed by atoms with Crippen LogP contribution >= 0.6 is 0 Å². The maximum atomic E-state index is 12.7. The second-order valence-corrected chi connectivity index (χ2v) is 7.78. The zero-order chi connectivity index (χ0) is 20.9. The second kappa shape index (κ2) is 8.98. The summed E-state index contributed by atoms with van der Waals surface area (Å²) in [7, 11) is 3.94. The first-order valence-electron chi connectivity index (χ1n) is 10.2. The third kappa shape index (κ3) is 4.62. The van der Waals surface area contributed by atoms with E-state index in [0.717, 1.165) is 43.0 Å². The van der Waals surface area contributed by atoms with Gasteiger partial charge >= 0.3 is 0 Å². The molecule has 0 spiro atoms. The molecule has 1 fully saturated rings. The second-order valence-electron chi connectivity index (χ2n) is 7.78. The first-order chi connectivity index (χ1) is 14.6. The Morgan fingerprint density at radius 1 is 1.10 bits per heavy atom. The zero-order valence-electron chi connectivity index (χ0n) is 17.4. The Bertz CT molecular complexity index is 985. The van der Waals surface area contributed by atoms with Gasteiger partial charge in [0.05, 0.1) is 12.6 Å². The van der Waals surface area contributed by atoms with E-state index < -0.39 is 0 Å². The quantitative estimate of drug-likeness (QED) is 0.653. The number of hydrogen-bond donors (Lipinski definition) is 0. The van der Waals surface area contributed by atoms with Gasteiger partial charge in [-0.1, -0.05) is 30.3 Å². The van der Waals surface area contributed by atoms with Crippen molar-refractivity contribution in [1.82, 2.24) is 24.8 Å². The van der Waals surface area contributed by atoms with E-state index in [1.165, 1.54) is 0 Å². The van der Waals surface area contributed by atoms with E-state index in [4.69, 9.17) is 4.98 Å². The summed E-state index contributed by atoms with van der Waals surface area (Å²) >= 11 is 0. The number of amides is 1. The first kappa shape index (κ1) is 19.9. The molecule has 4 rings (SSSR count). The van der Waals surface area contributed by atoms with Crippen LogP contribution in [-0.4, -0.2) is 57.9 Å². The Kier molecular flexibility index (Phi) is 5.97. The highest BCUT2D eigenvalue weighted by Gasteiger charge is 2.26. The van der Waals surface area contributed by atoms with E-state index in [2.05, 4.69) is 15.0 Å². The van der Waals surface area contributed by atoms with Gasteiger partial charge in [0, 0.05) is 57.3 Å². The minimum absolute atomic E-state index is 0.191. The van der Waals surface area contributed by atoms with Crippen molar-refractivity contribution in [3.8, 4) is 11.5 Å². The van der Waals surface area contributed by atoms with Crippen LogP contribution in [0.2, 0.25) is 0 Å². The molecule has 0 N–H and O–H groups in total. The third-order valence-electron chi connectivity index (χ3n) is 5.45. The summed E-state index contributed by atoms with van der Waals surface area (Å²) in [6, 6.07) is 12.0. The van der Waals surface area contributed by atoms with Gasteiger partial charge < -0.3 is 9.80 Å². The number of hydrogen-bond acceptors (Lipinski definition) is 6. The maximum Gasteiger partial charge on any atom is 0.226 e. The Balaban J connectivity index is 1.47. The Morgan fingerprint density at radius 3 is 2.53 bits per heavy atom. The zero-order valence-corrected chi connectivity index (χ0v) is 17.4. The monoisotopic (exact) mass is 402 g/mol. The number of carbonyl (C=O) groups is 1. The van der Waals surface area contributed by atoms with Gasteiger partial charge in [-0.15, -0.1) is 0 Å². The van der Waals surface area contributed by atoms with Crippen molar-refractivity contribution in [2.45, 2.75) is 25.2 Å². The van der Waals surface area contributed by atoms with E-state index in [-0.39, 0.29) is 5.91 Å². The molecule has 7 nitrogen and oxygen atoms in total. The summed E-state index contributed by atoms with van der Waals surface area (Å²) in [4.78, 5) is 34.6. The summed E-state index contributed by atoms with van der Waals surface area (Å²) in [5, 5.41) is 0. The molecular formula is C23H26N6O. The molecule has 1 aliphatic heterocycles. The molecule has 0 unspecified atom stereocenters. The van der Waals surface area contributed by atoms with E-state index in [1.807, 2.05) is 60.3 Å². The molecule has 0 saturated carbocycles. The highest BCUT2D eigenvalue weighted by atomic mass is 16.2. The van der Waals surface area contributed by atoms with Gasteiger partial charge in [0.25, 0.3) is 0 Å². The third-order valence-corrected chi connectivity index (χ3v) is 5.45. The van der Waals surface area contributed by atoms with Crippen LogP contribution in [0.4, 0.5) is 5.82 Å². The summed E-state index contributed by atoms with van der Waals surface area (Å²) in [6.45, 7) is 1.50. The van der Waals surface area contributed by atoms with Gasteiger partial charge in [-0.25, -0.2) is 15.0 Å². The van der Waals surface area contributed by atoms with Crippen molar-refractivity contribution in [1.29, 1.82) is 0 Å². The molecule has 0 atom stereocenters. The lowest BCUT2D eigenvalue weighted by atomic mass is 9.92. The van der Waals surface area contributed by atoms with Crippen molar-refractivity contribution in [2.24, 2.45) is 0 Å².